The fourth-order valence-corrected chi connectivity index (χ4v) is 2.52. The Balaban J connectivity index is 2.24. The molecule has 0 saturated heterocycles. The van der Waals surface area contributed by atoms with Crippen LogP contribution in [0.15, 0.2) is 18.3 Å². The average Bonchev–Trinajstić information content (AvgIpc) is 2.66. The Morgan fingerprint density at radius 1 is 1.42 bits per heavy atom. The fourth-order valence-electron chi connectivity index (χ4n) is 1.97. The van der Waals surface area contributed by atoms with Gasteiger partial charge in [0.25, 0.3) is 0 Å². The minimum Gasteiger partial charge on any atom is -0.388 e. The van der Waals surface area contributed by atoms with E-state index >= 15 is 0 Å². The highest BCUT2D eigenvalue weighted by Crippen LogP contribution is 2.26. The van der Waals surface area contributed by atoms with E-state index in [-0.39, 0.29) is 0 Å². The highest BCUT2D eigenvalue weighted by Gasteiger charge is 2.17. The molecule has 0 radical (unpaired) electrons. The first-order valence-corrected chi connectivity index (χ1v) is 6.78. The van der Waals surface area contributed by atoms with Gasteiger partial charge in [0.1, 0.15) is 5.15 Å². The maximum absolute atomic E-state index is 10.2. The van der Waals surface area contributed by atoms with Gasteiger partial charge in [-0.1, -0.05) is 30.1 Å². The number of hydrogen-bond donors (Lipinski definition) is 1. The van der Waals surface area contributed by atoms with Crippen LogP contribution in [-0.4, -0.2) is 19.9 Å². The summed E-state index contributed by atoms with van der Waals surface area (Å²) in [5, 5.41) is 15.6. The topological polar surface area (TPSA) is 50.9 Å². The summed E-state index contributed by atoms with van der Waals surface area (Å²) in [6, 6.07) is 3.39. The van der Waals surface area contributed by atoms with Gasteiger partial charge in [-0.25, -0.2) is 4.98 Å². The third kappa shape index (κ3) is 3.08. The van der Waals surface area contributed by atoms with Gasteiger partial charge in [-0.15, -0.1) is 0 Å². The van der Waals surface area contributed by atoms with Gasteiger partial charge in [0.05, 0.1) is 22.5 Å². The molecule has 2 aromatic heterocycles. The summed E-state index contributed by atoms with van der Waals surface area (Å²) >= 11 is 12.1. The van der Waals surface area contributed by atoms with Crippen molar-refractivity contribution in [2.45, 2.75) is 25.9 Å². The SMILES string of the molecule is CCc1nn(C)c(CC(O)c2ccnc(Cl)c2)c1Cl. The first kappa shape index (κ1) is 14.3. The molecule has 0 aliphatic heterocycles. The van der Waals surface area contributed by atoms with Crippen molar-refractivity contribution in [1.29, 1.82) is 0 Å². The lowest BCUT2D eigenvalue weighted by atomic mass is 10.1. The molecule has 0 fully saturated rings. The number of aliphatic hydroxyl groups excluding tert-OH is 1. The molecule has 1 atom stereocenters. The summed E-state index contributed by atoms with van der Waals surface area (Å²) in [6.07, 6.45) is 2.05. The maximum atomic E-state index is 10.2. The standard InChI is InChI=1S/C13H15Cl2N3O/c1-3-9-13(15)10(18(2)17-9)7-11(19)8-4-5-16-12(14)6-8/h4-6,11,19H,3,7H2,1-2H3. The van der Waals surface area contributed by atoms with E-state index in [9.17, 15) is 5.11 Å². The minimum atomic E-state index is -0.682. The highest BCUT2D eigenvalue weighted by atomic mass is 35.5. The van der Waals surface area contributed by atoms with E-state index in [4.69, 9.17) is 23.2 Å². The molecule has 19 heavy (non-hydrogen) atoms. The maximum Gasteiger partial charge on any atom is 0.129 e. The quantitative estimate of drug-likeness (QED) is 0.883. The van der Waals surface area contributed by atoms with Crippen molar-refractivity contribution >= 4 is 23.2 Å². The van der Waals surface area contributed by atoms with Gasteiger partial charge in [-0.2, -0.15) is 5.10 Å². The summed E-state index contributed by atoms with van der Waals surface area (Å²) in [4.78, 5) is 3.89. The lowest BCUT2D eigenvalue weighted by molar-refractivity contribution is 0.175. The number of aliphatic hydroxyl groups is 1. The van der Waals surface area contributed by atoms with E-state index in [0.29, 0.717) is 16.6 Å². The zero-order chi connectivity index (χ0) is 14.0. The van der Waals surface area contributed by atoms with E-state index in [2.05, 4.69) is 10.1 Å². The number of pyridine rings is 1. The molecule has 0 spiro atoms. The van der Waals surface area contributed by atoms with Crippen molar-refractivity contribution in [2.24, 2.45) is 7.05 Å². The van der Waals surface area contributed by atoms with E-state index in [1.165, 1.54) is 0 Å². The van der Waals surface area contributed by atoms with Crippen molar-refractivity contribution in [3.8, 4) is 0 Å². The number of rotatable bonds is 4. The number of halogens is 2. The van der Waals surface area contributed by atoms with Gasteiger partial charge < -0.3 is 5.11 Å². The minimum absolute atomic E-state index is 0.363. The van der Waals surface area contributed by atoms with Crippen molar-refractivity contribution < 1.29 is 5.11 Å². The summed E-state index contributed by atoms with van der Waals surface area (Å²) in [5.41, 5.74) is 2.38. The van der Waals surface area contributed by atoms with Gasteiger partial charge >= 0.3 is 0 Å². The van der Waals surface area contributed by atoms with Crippen LogP contribution >= 0.6 is 23.2 Å². The first-order chi connectivity index (χ1) is 9.02. The normalized spacial score (nSPS) is 12.7. The molecule has 0 aliphatic carbocycles. The summed E-state index contributed by atoms with van der Waals surface area (Å²) in [6.45, 7) is 2.00. The van der Waals surface area contributed by atoms with Crippen LogP contribution in [0.4, 0.5) is 0 Å². The molecule has 6 heteroatoms. The van der Waals surface area contributed by atoms with Gasteiger partial charge in [0.2, 0.25) is 0 Å². The molecular weight excluding hydrogens is 285 g/mol. The van der Waals surface area contributed by atoms with Crippen LogP contribution in [0.5, 0.6) is 0 Å². The zero-order valence-corrected chi connectivity index (χ0v) is 12.3. The first-order valence-electron chi connectivity index (χ1n) is 6.02. The zero-order valence-electron chi connectivity index (χ0n) is 10.8. The number of aryl methyl sites for hydroxylation is 2. The van der Waals surface area contributed by atoms with Crippen LogP contribution < -0.4 is 0 Å². The van der Waals surface area contributed by atoms with Crippen LogP contribution in [0, 0.1) is 0 Å². The number of nitrogens with zero attached hydrogens (tertiary/aromatic N) is 3. The molecule has 0 aliphatic rings. The number of hydrogen-bond acceptors (Lipinski definition) is 3. The van der Waals surface area contributed by atoms with Crippen LogP contribution in [0.2, 0.25) is 10.2 Å². The Morgan fingerprint density at radius 3 is 2.74 bits per heavy atom. The molecule has 1 unspecified atom stereocenters. The van der Waals surface area contributed by atoms with Crippen LogP contribution in [-0.2, 0) is 19.9 Å². The van der Waals surface area contributed by atoms with Crippen LogP contribution in [0.25, 0.3) is 0 Å². The van der Waals surface area contributed by atoms with E-state index in [1.54, 1.807) is 23.0 Å². The molecule has 2 aromatic rings. The monoisotopic (exact) mass is 299 g/mol. The fraction of sp³-hybridized carbons (Fsp3) is 0.385. The second kappa shape index (κ2) is 5.90. The molecule has 0 bridgehead atoms. The lowest BCUT2D eigenvalue weighted by Crippen LogP contribution is -2.07. The Bertz CT molecular complexity index is 583. The summed E-state index contributed by atoms with van der Waals surface area (Å²) in [7, 11) is 1.83. The highest BCUT2D eigenvalue weighted by molar-refractivity contribution is 6.32. The Morgan fingerprint density at radius 2 is 2.16 bits per heavy atom. The third-order valence-corrected chi connectivity index (χ3v) is 3.67. The van der Waals surface area contributed by atoms with E-state index in [0.717, 1.165) is 23.4 Å². The second-order valence-electron chi connectivity index (χ2n) is 4.32. The molecule has 0 amide bonds. The Labute approximate surface area is 122 Å². The van der Waals surface area contributed by atoms with Gasteiger partial charge in [0, 0.05) is 19.7 Å². The molecule has 2 heterocycles. The summed E-state index contributed by atoms with van der Waals surface area (Å²) < 4.78 is 1.72. The number of aromatic nitrogens is 3. The Hall–Kier alpha value is -1.10. The molecule has 2 rings (SSSR count). The van der Waals surface area contributed by atoms with E-state index < -0.39 is 6.10 Å². The predicted molar refractivity (Wildman–Crippen MR) is 75.5 cm³/mol. The van der Waals surface area contributed by atoms with Crippen LogP contribution in [0.1, 0.15) is 30.0 Å². The molecule has 4 nitrogen and oxygen atoms in total. The predicted octanol–water partition coefficient (Wildman–Crippen LogP) is 2.96. The molecule has 0 aromatic carbocycles. The summed E-state index contributed by atoms with van der Waals surface area (Å²) in [5.74, 6) is 0. The smallest absolute Gasteiger partial charge is 0.129 e. The molecular formula is C13H15Cl2N3O. The molecule has 102 valence electrons. The van der Waals surface area contributed by atoms with Crippen molar-refractivity contribution in [2.75, 3.05) is 0 Å². The largest absolute Gasteiger partial charge is 0.388 e. The third-order valence-electron chi connectivity index (χ3n) is 3.03. The van der Waals surface area contributed by atoms with Crippen LogP contribution in [0.3, 0.4) is 0 Å². The Kier molecular flexibility index (Phi) is 4.45. The average molecular weight is 300 g/mol. The van der Waals surface area contributed by atoms with Crippen molar-refractivity contribution in [3.63, 3.8) is 0 Å². The van der Waals surface area contributed by atoms with Crippen molar-refractivity contribution in [3.05, 3.63) is 45.5 Å². The second-order valence-corrected chi connectivity index (χ2v) is 5.08. The van der Waals surface area contributed by atoms with E-state index in [1.807, 2.05) is 14.0 Å². The van der Waals surface area contributed by atoms with Gasteiger partial charge in [-0.3, -0.25) is 4.68 Å². The van der Waals surface area contributed by atoms with Gasteiger partial charge in [-0.05, 0) is 24.1 Å². The van der Waals surface area contributed by atoms with Crippen molar-refractivity contribution in [1.82, 2.24) is 14.8 Å². The van der Waals surface area contributed by atoms with Gasteiger partial charge in [0.15, 0.2) is 0 Å². The molecule has 1 N–H and O–H groups in total. The lowest BCUT2D eigenvalue weighted by Gasteiger charge is -2.11. The molecule has 0 saturated carbocycles.